The summed E-state index contributed by atoms with van der Waals surface area (Å²) in [5, 5.41) is 0. The van der Waals surface area contributed by atoms with Gasteiger partial charge < -0.3 is 15.4 Å². The number of nitrogens with two attached hydrogens (primary N) is 1. The van der Waals surface area contributed by atoms with Gasteiger partial charge >= 0.3 is 6.09 Å². The van der Waals surface area contributed by atoms with Crippen molar-refractivity contribution < 1.29 is 9.53 Å². The Labute approximate surface area is 99.1 Å². The number of carbonyl (C=O) groups excluding carboxylic acids is 1. The maximum absolute atomic E-state index is 11.9. The Kier molecular flexibility index (Phi) is 7.13. The lowest BCUT2D eigenvalue weighted by Gasteiger charge is -2.41. The summed E-state index contributed by atoms with van der Waals surface area (Å²) >= 11 is 0. The molecule has 16 heavy (non-hydrogen) atoms. The van der Waals surface area contributed by atoms with Crippen LogP contribution >= 0.6 is 0 Å². The Morgan fingerprint density at radius 3 is 2.12 bits per heavy atom. The Balaban J connectivity index is 4.90. The van der Waals surface area contributed by atoms with E-state index in [0.717, 1.165) is 19.3 Å². The Morgan fingerprint density at radius 2 is 1.81 bits per heavy atom. The molecule has 0 fully saturated rings. The van der Waals surface area contributed by atoms with Crippen molar-refractivity contribution in [1.82, 2.24) is 4.90 Å². The van der Waals surface area contributed by atoms with Gasteiger partial charge in [-0.15, -0.1) is 0 Å². The van der Waals surface area contributed by atoms with Crippen molar-refractivity contribution in [3.8, 4) is 0 Å². The number of carbonyl (C=O) groups is 1. The molecule has 0 saturated carbocycles. The number of rotatable bonds is 7. The highest BCUT2D eigenvalue weighted by Crippen LogP contribution is 2.24. The van der Waals surface area contributed by atoms with E-state index in [1.165, 1.54) is 0 Å². The van der Waals surface area contributed by atoms with Gasteiger partial charge in [0.05, 0.1) is 12.1 Å². The molecule has 0 spiro atoms. The average molecular weight is 230 g/mol. The third-order valence-corrected chi connectivity index (χ3v) is 3.20. The van der Waals surface area contributed by atoms with Gasteiger partial charge in [-0.3, -0.25) is 0 Å². The van der Waals surface area contributed by atoms with Gasteiger partial charge in [0.25, 0.3) is 0 Å². The largest absolute Gasteiger partial charge is 0.450 e. The normalized spacial score (nSPS) is 11.3. The Morgan fingerprint density at radius 1 is 1.25 bits per heavy atom. The summed E-state index contributed by atoms with van der Waals surface area (Å²) in [6, 6.07) is 0. The van der Waals surface area contributed by atoms with Gasteiger partial charge in [0.2, 0.25) is 0 Å². The summed E-state index contributed by atoms with van der Waals surface area (Å²) in [6.45, 7) is 9.61. The summed E-state index contributed by atoms with van der Waals surface area (Å²) in [7, 11) is 0. The molecule has 0 aromatic rings. The van der Waals surface area contributed by atoms with Crippen molar-refractivity contribution in [1.29, 1.82) is 0 Å². The molecule has 0 unspecified atom stereocenters. The summed E-state index contributed by atoms with van der Waals surface area (Å²) in [4.78, 5) is 13.7. The molecule has 0 atom stereocenters. The number of ether oxygens (including phenoxy) is 1. The maximum atomic E-state index is 11.9. The van der Waals surface area contributed by atoms with E-state index >= 15 is 0 Å². The van der Waals surface area contributed by atoms with Gasteiger partial charge in [0.15, 0.2) is 0 Å². The van der Waals surface area contributed by atoms with E-state index < -0.39 is 0 Å². The Hall–Kier alpha value is -0.770. The van der Waals surface area contributed by atoms with Gasteiger partial charge in [-0.1, -0.05) is 20.8 Å². The topological polar surface area (TPSA) is 55.6 Å². The molecule has 0 aromatic carbocycles. The van der Waals surface area contributed by atoms with E-state index in [9.17, 15) is 4.79 Å². The van der Waals surface area contributed by atoms with Crippen LogP contribution in [-0.4, -0.2) is 36.2 Å². The molecule has 96 valence electrons. The van der Waals surface area contributed by atoms with Crippen molar-refractivity contribution >= 4 is 6.09 Å². The molecule has 0 heterocycles. The highest BCUT2D eigenvalue weighted by atomic mass is 16.6. The van der Waals surface area contributed by atoms with Crippen molar-refractivity contribution in [2.75, 3.05) is 19.7 Å². The first-order chi connectivity index (χ1) is 7.61. The van der Waals surface area contributed by atoms with E-state index in [1.807, 2.05) is 6.92 Å². The van der Waals surface area contributed by atoms with Gasteiger partial charge in [-0.2, -0.15) is 0 Å². The van der Waals surface area contributed by atoms with E-state index in [0.29, 0.717) is 19.7 Å². The van der Waals surface area contributed by atoms with Crippen LogP contribution in [0.1, 0.15) is 47.0 Å². The Bertz CT molecular complexity index is 195. The van der Waals surface area contributed by atoms with Crippen molar-refractivity contribution in [2.45, 2.75) is 52.5 Å². The standard InChI is InChI=1S/C12H26N2O2/c1-5-9-14(11(15)16-8-4)12(6-2,7-3)10-13/h5-10,13H2,1-4H3. The first kappa shape index (κ1) is 15.2. The second-order valence-electron chi connectivity index (χ2n) is 3.99. The van der Waals surface area contributed by atoms with Crippen molar-refractivity contribution in [3.63, 3.8) is 0 Å². The van der Waals surface area contributed by atoms with Crippen molar-refractivity contribution in [3.05, 3.63) is 0 Å². The van der Waals surface area contributed by atoms with E-state index in [1.54, 1.807) is 4.90 Å². The molecule has 0 rings (SSSR count). The van der Waals surface area contributed by atoms with Gasteiger partial charge in [0.1, 0.15) is 0 Å². The zero-order chi connectivity index (χ0) is 12.6. The number of hydrogen-bond acceptors (Lipinski definition) is 3. The molecular weight excluding hydrogens is 204 g/mol. The van der Waals surface area contributed by atoms with Crippen molar-refractivity contribution in [2.24, 2.45) is 5.73 Å². The first-order valence-electron chi connectivity index (χ1n) is 6.26. The lowest BCUT2D eigenvalue weighted by atomic mass is 9.90. The lowest BCUT2D eigenvalue weighted by molar-refractivity contribution is 0.0498. The minimum absolute atomic E-state index is 0.237. The average Bonchev–Trinajstić information content (AvgIpc) is 2.31. The fourth-order valence-electron chi connectivity index (χ4n) is 1.98. The molecule has 0 bridgehead atoms. The number of hydrogen-bond donors (Lipinski definition) is 1. The lowest BCUT2D eigenvalue weighted by Crippen LogP contribution is -2.56. The molecule has 0 aliphatic heterocycles. The number of amides is 1. The van der Waals surface area contributed by atoms with Crippen LogP contribution in [0, 0.1) is 0 Å². The second-order valence-corrected chi connectivity index (χ2v) is 3.99. The maximum Gasteiger partial charge on any atom is 0.410 e. The van der Waals surface area contributed by atoms with E-state index in [4.69, 9.17) is 10.5 Å². The molecule has 0 aliphatic rings. The van der Waals surface area contributed by atoms with Crippen LogP contribution in [0.3, 0.4) is 0 Å². The zero-order valence-electron chi connectivity index (χ0n) is 11.1. The number of nitrogens with zero attached hydrogens (tertiary/aromatic N) is 1. The quantitative estimate of drug-likeness (QED) is 0.730. The van der Waals surface area contributed by atoms with Crippen LogP contribution in [0.4, 0.5) is 4.79 Å². The smallest absolute Gasteiger partial charge is 0.410 e. The van der Waals surface area contributed by atoms with Crippen LogP contribution in [0.25, 0.3) is 0 Å². The summed E-state index contributed by atoms with van der Waals surface area (Å²) < 4.78 is 5.10. The second kappa shape index (κ2) is 7.49. The molecule has 2 N–H and O–H groups in total. The van der Waals surface area contributed by atoms with Gasteiger partial charge in [-0.05, 0) is 26.2 Å². The molecule has 0 aromatic heterocycles. The summed E-state index contributed by atoms with van der Waals surface area (Å²) in [6.07, 6.45) is 2.40. The third kappa shape index (κ3) is 3.37. The monoisotopic (exact) mass is 230 g/mol. The predicted octanol–water partition coefficient (Wildman–Crippen LogP) is 2.37. The van der Waals surface area contributed by atoms with Gasteiger partial charge in [0, 0.05) is 13.1 Å². The van der Waals surface area contributed by atoms with Crippen LogP contribution in [0.2, 0.25) is 0 Å². The fourth-order valence-corrected chi connectivity index (χ4v) is 1.98. The minimum Gasteiger partial charge on any atom is -0.450 e. The molecule has 4 heteroatoms. The minimum atomic E-state index is -0.248. The highest BCUT2D eigenvalue weighted by molar-refractivity contribution is 5.68. The zero-order valence-corrected chi connectivity index (χ0v) is 11.1. The van der Waals surface area contributed by atoms with E-state index in [-0.39, 0.29) is 11.6 Å². The highest BCUT2D eigenvalue weighted by Gasteiger charge is 2.35. The van der Waals surface area contributed by atoms with Crippen LogP contribution in [0.15, 0.2) is 0 Å². The van der Waals surface area contributed by atoms with Crippen LogP contribution in [0.5, 0.6) is 0 Å². The SMILES string of the molecule is CCCN(C(=O)OCC)C(CC)(CC)CN. The van der Waals surface area contributed by atoms with Gasteiger partial charge in [-0.25, -0.2) is 4.79 Å². The molecule has 1 amide bonds. The first-order valence-corrected chi connectivity index (χ1v) is 6.26. The predicted molar refractivity (Wildman–Crippen MR) is 66.4 cm³/mol. The summed E-state index contributed by atoms with van der Waals surface area (Å²) in [5.41, 5.74) is 5.60. The molecule has 4 nitrogen and oxygen atoms in total. The molecule has 0 saturated heterocycles. The summed E-state index contributed by atoms with van der Waals surface area (Å²) in [5.74, 6) is 0. The van der Waals surface area contributed by atoms with Crippen LogP contribution < -0.4 is 5.73 Å². The fraction of sp³-hybridized carbons (Fsp3) is 0.917. The third-order valence-electron chi connectivity index (χ3n) is 3.20. The van der Waals surface area contributed by atoms with Crippen LogP contribution in [-0.2, 0) is 4.74 Å². The molecule has 0 aliphatic carbocycles. The molecular formula is C12H26N2O2. The molecule has 0 radical (unpaired) electrons. The van der Waals surface area contributed by atoms with E-state index in [2.05, 4.69) is 20.8 Å².